The van der Waals surface area contributed by atoms with Gasteiger partial charge in [0.15, 0.2) is 0 Å². The first-order chi connectivity index (χ1) is 10.5. The summed E-state index contributed by atoms with van der Waals surface area (Å²) in [4.78, 5) is 24.1. The van der Waals surface area contributed by atoms with Crippen molar-refractivity contribution in [2.24, 2.45) is 5.92 Å². The van der Waals surface area contributed by atoms with E-state index in [-0.39, 0.29) is 11.9 Å². The van der Waals surface area contributed by atoms with Crippen molar-refractivity contribution in [3.63, 3.8) is 0 Å². The monoisotopic (exact) mass is 313 g/mol. The molecule has 22 heavy (non-hydrogen) atoms. The highest BCUT2D eigenvalue weighted by Gasteiger charge is 2.22. The second-order valence-electron chi connectivity index (χ2n) is 6.43. The second-order valence-corrected chi connectivity index (χ2v) is 6.43. The van der Waals surface area contributed by atoms with Crippen LogP contribution in [0.1, 0.15) is 85.5 Å². The van der Waals surface area contributed by atoms with Gasteiger partial charge in [0.2, 0.25) is 5.91 Å². The Morgan fingerprint density at radius 2 is 1.59 bits per heavy atom. The lowest BCUT2D eigenvalue weighted by molar-refractivity contribution is -0.148. The number of hydrogen-bond acceptors (Lipinski definition) is 3. The molecule has 0 aliphatic heterocycles. The first-order valence-electron chi connectivity index (χ1n) is 8.97. The molecule has 0 saturated heterocycles. The van der Waals surface area contributed by atoms with Crippen molar-refractivity contribution in [3.05, 3.63) is 0 Å². The van der Waals surface area contributed by atoms with Gasteiger partial charge >= 0.3 is 5.97 Å². The molecule has 0 bridgehead atoms. The number of rotatable bonds is 13. The first kappa shape index (κ1) is 20.9. The summed E-state index contributed by atoms with van der Waals surface area (Å²) in [5.74, 6) is 0.0182. The third kappa shape index (κ3) is 11.6. The lowest BCUT2D eigenvalue weighted by Crippen LogP contribution is -2.42. The van der Waals surface area contributed by atoms with E-state index >= 15 is 0 Å². The minimum absolute atomic E-state index is 0.0328. The Balaban J connectivity index is 4.15. The molecular formula is C18H35NO3. The molecule has 1 N–H and O–H groups in total. The fourth-order valence-corrected chi connectivity index (χ4v) is 2.26. The molecule has 0 radical (unpaired) electrons. The Morgan fingerprint density at radius 3 is 2.18 bits per heavy atom. The van der Waals surface area contributed by atoms with Gasteiger partial charge in [0.1, 0.15) is 6.04 Å². The summed E-state index contributed by atoms with van der Waals surface area (Å²) < 4.78 is 5.25. The molecule has 0 aromatic carbocycles. The van der Waals surface area contributed by atoms with Crippen LogP contribution in [0.25, 0.3) is 0 Å². The molecular weight excluding hydrogens is 278 g/mol. The molecule has 0 rings (SSSR count). The van der Waals surface area contributed by atoms with E-state index in [9.17, 15) is 9.59 Å². The number of esters is 1. The highest BCUT2D eigenvalue weighted by molar-refractivity contribution is 5.84. The maximum absolute atomic E-state index is 12.1. The number of carbonyl (C=O) groups is 2. The highest BCUT2D eigenvalue weighted by Crippen LogP contribution is 2.09. The molecule has 0 fully saturated rings. The largest absolute Gasteiger partial charge is 0.464 e. The molecule has 130 valence electrons. The summed E-state index contributed by atoms with van der Waals surface area (Å²) in [6, 6.07) is -0.500. The average Bonchev–Trinajstić information content (AvgIpc) is 2.46. The highest BCUT2D eigenvalue weighted by atomic mass is 16.5. The van der Waals surface area contributed by atoms with Gasteiger partial charge in [0, 0.05) is 6.42 Å². The van der Waals surface area contributed by atoms with Crippen LogP contribution < -0.4 is 5.32 Å². The third-order valence-electron chi connectivity index (χ3n) is 3.58. The maximum Gasteiger partial charge on any atom is 0.328 e. The van der Waals surface area contributed by atoms with Gasteiger partial charge in [-0.05, 0) is 25.2 Å². The quantitative estimate of drug-likeness (QED) is 0.409. The van der Waals surface area contributed by atoms with E-state index < -0.39 is 6.04 Å². The molecule has 4 nitrogen and oxygen atoms in total. The predicted molar refractivity (Wildman–Crippen MR) is 90.6 cm³/mol. The van der Waals surface area contributed by atoms with Gasteiger partial charge in [-0.1, -0.05) is 59.8 Å². The summed E-state index contributed by atoms with van der Waals surface area (Å²) in [5.41, 5.74) is 0. The zero-order chi connectivity index (χ0) is 16.8. The summed E-state index contributed by atoms with van der Waals surface area (Å²) in [5, 5.41) is 2.85. The summed E-state index contributed by atoms with van der Waals surface area (Å²) in [6.45, 7) is 8.76. The maximum atomic E-state index is 12.1. The van der Waals surface area contributed by atoms with E-state index in [1.165, 1.54) is 19.3 Å². The molecule has 1 unspecified atom stereocenters. The van der Waals surface area contributed by atoms with Crippen LogP contribution in [0.3, 0.4) is 0 Å². The molecule has 0 aromatic heterocycles. The van der Waals surface area contributed by atoms with Crippen LogP contribution in [0.5, 0.6) is 0 Å². The van der Waals surface area contributed by atoms with Gasteiger partial charge in [-0.15, -0.1) is 0 Å². The SMILES string of the molecule is CCCCCCCC(=O)NC(CC(C)C)C(=O)OCCCC. The van der Waals surface area contributed by atoms with E-state index in [1.54, 1.807) is 0 Å². The van der Waals surface area contributed by atoms with E-state index in [0.29, 0.717) is 25.4 Å². The molecule has 0 aliphatic rings. The molecule has 1 amide bonds. The van der Waals surface area contributed by atoms with Crippen molar-refractivity contribution in [2.45, 2.75) is 91.5 Å². The Morgan fingerprint density at radius 1 is 0.955 bits per heavy atom. The Labute approximate surface area is 136 Å². The van der Waals surface area contributed by atoms with Crippen LogP contribution in [0.2, 0.25) is 0 Å². The number of ether oxygens (including phenoxy) is 1. The molecule has 1 atom stereocenters. The lowest BCUT2D eigenvalue weighted by Gasteiger charge is -2.19. The Hall–Kier alpha value is -1.06. The predicted octanol–water partition coefficient (Wildman–Crippen LogP) is 4.22. The van der Waals surface area contributed by atoms with Crippen molar-refractivity contribution in [3.8, 4) is 0 Å². The fraction of sp³-hybridized carbons (Fsp3) is 0.889. The number of amides is 1. The number of nitrogens with one attached hydrogen (secondary N) is 1. The zero-order valence-corrected chi connectivity index (χ0v) is 15.0. The Bertz CT molecular complexity index is 303. The molecule has 0 aromatic rings. The third-order valence-corrected chi connectivity index (χ3v) is 3.58. The minimum atomic E-state index is -0.500. The van der Waals surface area contributed by atoms with Crippen molar-refractivity contribution in [1.82, 2.24) is 5.32 Å². The molecule has 0 spiro atoms. The van der Waals surface area contributed by atoms with Crippen LogP contribution in [0.4, 0.5) is 0 Å². The van der Waals surface area contributed by atoms with Gasteiger partial charge in [-0.25, -0.2) is 4.79 Å². The molecule has 0 saturated carbocycles. The van der Waals surface area contributed by atoms with Crippen LogP contribution in [-0.2, 0) is 14.3 Å². The van der Waals surface area contributed by atoms with Crippen molar-refractivity contribution < 1.29 is 14.3 Å². The number of hydrogen-bond donors (Lipinski definition) is 1. The normalized spacial score (nSPS) is 12.2. The summed E-state index contributed by atoms with van der Waals surface area (Å²) >= 11 is 0. The molecule has 4 heteroatoms. The smallest absolute Gasteiger partial charge is 0.328 e. The van der Waals surface area contributed by atoms with Crippen LogP contribution >= 0.6 is 0 Å². The lowest BCUT2D eigenvalue weighted by atomic mass is 10.0. The van der Waals surface area contributed by atoms with Crippen molar-refractivity contribution >= 4 is 11.9 Å². The van der Waals surface area contributed by atoms with Gasteiger partial charge in [-0.3, -0.25) is 4.79 Å². The van der Waals surface area contributed by atoms with E-state index in [2.05, 4.69) is 19.2 Å². The summed E-state index contributed by atoms with van der Waals surface area (Å²) in [7, 11) is 0. The second kappa shape index (κ2) is 13.6. The number of unbranched alkanes of at least 4 members (excludes halogenated alkanes) is 5. The van der Waals surface area contributed by atoms with Crippen molar-refractivity contribution in [1.29, 1.82) is 0 Å². The van der Waals surface area contributed by atoms with Gasteiger partial charge < -0.3 is 10.1 Å². The van der Waals surface area contributed by atoms with Crippen LogP contribution in [0.15, 0.2) is 0 Å². The molecule has 0 heterocycles. The fourth-order valence-electron chi connectivity index (χ4n) is 2.26. The Kier molecular flexibility index (Phi) is 12.9. The topological polar surface area (TPSA) is 55.4 Å². The zero-order valence-electron chi connectivity index (χ0n) is 15.0. The van der Waals surface area contributed by atoms with E-state index in [1.807, 2.05) is 13.8 Å². The minimum Gasteiger partial charge on any atom is -0.464 e. The van der Waals surface area contributed by atoms with E-state index in [0.717, 1.165) is 25.7 Å². The number of carbonyl (C=O) groups excluding carboxylic acids is 2. The van der Waals surface area contributed by atoms with Crippen LogP contribution in [0, 0.1) is 5.92 Å². The van der Waals surface area contributed by atoms with Gasteiger partial charge in [0.25, 0.3) is 0 Å². The van der Waals surface area contributed by atoms with Crippen LogP contribution in [-0.4, -0.2) is 24.5 Å². The van der Waals surface area contributed by atoms with E-state index in [4.69, 9.17) is 4.74 Å². The van der Waals surface area contributed by atoms with Gasteiger partial charge in [-0.2, -0.15) is 0 Å². The average molecular weight is 313 g/mol. The van der Waals surface area contributed by atoms with Crippen molar-refractivity contribution in [2.75, 3.05) is 6.61 Å². The standard InChI is InChI=1S/C18H35NO3/c1-5-7-9-10-11-12-17(20)19-16(14-15(3)4)18(21)22-13-8-6-2/h15-16H,5-14H2,1-4H3,(H,19,20). The summed E-state index contributed by atoms with van der Waals surface area (Å²) in [6.07, 6.45) is 8.57. The van der Waals surface area contributed by atoms with Gasteiger partial charge in [0.05, 0.1) is 6.61 Å². The first-order valence-corrected chi connectivity index (χ1v) is 8.97. The molecule has 0 aliphatic carbocycles.